The van der Waals surface area contributed by atoms with E-state index in [1.807, 2.05) is 0 Å². The van der Waals surface area contributed by atoms with Crippen LogP contribution >= 0.6 is 0 Å². The van der Waals surface area contributed by atoms with Crippen molar-refractivity contribution in [3.8, 4) is 0 Å². The first-order valence-electron chi connectivity index (χ1n) is 6.95. The van der Waals surface area contributed by atoms with Gasteiger partial charge in [-0.1, -0.05) is 33.1 Å². The van der Waals surface area contributed by atoms with E-state index < -0.39 is 11.9 Å². The molecule has 0 aromatic rings. The summed E-state index contributed by atoms with van der Waals surface area (Å²) in [6.45, 7) is 4.16. The van der Waals surface area contributed by atoms with Gasteiger partial charge < -0.3 is 10.4 Å². The first-order valence-corrected chi connectivity index (χ1v) is 6.95. The molecule has 2 rings (SSSR count). The number of aliphatic carboxylic acids is 1. The van der Waals surface area contributed by atoms with E-state index in [1.54, 1.807) is 0 Å². The molecular formula is C14H23NO3. The van der Waals surface area contributed by atoms with Crippen LogP contribution in [0.15, 0.2) is 0 Å². The number of hydrogen-bond acceptors (Lipinski definition) is 2. The largest absolute Gasteiger partial charge is 0.481 e. The molecule has 0 heterocycles. The lowest BCUT2D eigenvalue weighted by Gasteiger charge is -2.23. The summed E-state index contributed by atoms with van der Waals surface area (Å²) >= 11 is 0. The average molecular weight is 253 g/mol. The Morgan fingerprint density at radius 3 is 2.33 bits per heavy atom. The lowest BCUT2D eigenvalue weighted by atomic mass is 9.94. The van der Waals surface area contributed by atoms with Crippen molar-refractivity contribution in [2.75, 3.05) is 0 Å². The third-order valence-electron chi connectivity index (χ3n) is 4.49. The van der Waals surface area contributed by atoms with Gasteiger partial charge in [-0.2, -0.15) is 0 Å². The van der Waals surface area contributed by atoms with Crippen molar-refractivity contribution in [1.82, 2.24) is 5.32 Å². The van der Waals surface area contributed by atoms with E-state index in [-0.39, 0.29) is 23.3 Å². The summed E-state index contributed by atoms with van der Waals surface area (Å²) in [5.41, 5.74) is 0.105. The van der Waals surface area contributed by atoms with Gasteiger partial charge in [-0.05, 0) is 24.7 Å². The highest BCUT2D eigenvalue weighted by Gasteiger charge is 2.51. The van der Waals surface area contributed by atoms with E-state index in [9.17, 15) is 14.7 Å². The van der Waals surface area contributed by atoms with Gasteiger partial charge in [0.2, 0.25) is 5.91 Å². The SMILES string of the molecule is CC1(C)CC1C(=O)NC1CCCCCC1C(=O)O. The molecule has 0 bridgehead atoms. The number of hydrogen-bond donors (Lipinski definition) is 2. The molecule has 0 aliphatic heterocycles. The van der Waals surface area contributed by atoms with Crippen LogP contribution in [0.25, 0.3) is 0 Å². The summed E-state index contributed by atoms with van der Waals surface area (Å²) in [7, 11) is 0. The van der Waals surface area contributed by atoms with Crippen molar-refractivity contribution < 1.29 is 14.7 Å². The Hall–Kier alpha value is -1.06. The van der Waals surface area contributed by atoms with Crippen LogP contribution in [0, 0.1) is 17.3 Å². The van der Waals surface area contributed by atoms with Crippen molar-refractivity contribution >= 4 is 11.9 Å². The second kappa shape index (κ2) is 4.90. The van der Waals surface area contributed by atoms with Gasteiger partial charge in [0.15, 0.2) is 0 Å². The van der Waals surface area contributed by atoms with Crippen LogP contribution in [0.1, 0.15) is 52.4 Å². The van der Waals surface area contributed by atoms with Crippen LogP contribution in [0.4, 0.5) is 0 Å². The molecule has 0 radical (unpaired) electrons. The smallest absolute Gasteiger partial charge is 0.308 e. The monoisotopic (exact) mass is 253 g/mol. The van der Waals surface area contributed by atoms with Crippen LogP contribution < -0.4 is 5.32 Å². The molecule has 3 atom stereocenters. The van der Waals surface area contributed by atoms with Crippen LogP contribution in [-0.4, -0.2) is 23.0 Å². The molecule has 0 spiro atoms. The highest BCUT2D eigenvalue weighted by molar-refractivity contribution is 5.83. The van der Waals surface area contributed by atoms with Gasteiger partial charge >= 0.3 is 5.97 Å². The zero-order valence-corrected chi connectivity index (χ0v) is 11.2. The standard InChI is InChI=1S/C14H23NO3/c1-14(2)8-10(14)12(16)15-11-7-5-3-4-6-9(11)13(17)18/h9-11H,3-8H2,1-2H3,(H,15,16)(H,17,18). The summed E-state index contributed by atoms with van der Waals surface area (Å²) < 4.78 is 0. The number of nitrogens with one attached hydrogen (secondary N) is 1. The number of carbonyl (C=O) groups excluding carboxylic acids is 1. The van der Waals surface area contributed by atoms with Crippen molar-refractivity contribution in [3.63, 3.8) is 0 Å². The third kappa shape index (κ3) is 2.85. The highest BCUT2D eigenvalue weighted by atomic mass is 16.4. The van der Waals surface area contributed by atoms with Crippen LogP contribution in [0.5, 0.6) is 0 Å². The number of carboxylic acid groups (broad SMARTS) is 1. The van der Waals surface area contributed by atoms with Crippen molar-refractivity contribution in [2.45, 2.75) is 58.4 Å². The van der Waals surface area contributed by atoms with Gasteiger partial charge in [0, 0.05) is 12.0 Å². The van der Waals surface area contributed by atoms with E-state index in [0.29, 0.717) is 6.42 Å². The number of carboxylic acids is 1. The quantitative estimate of drug-likeness (QED) is 0.758. The lowest BCUT2D eigenvalue weighted by molar-refractivity contribution is -0.143. The number of carbonyl (C=O) groups is 2. The molecule has 0 aromatic carbocycles. The minimum atomic E-state index is -0.766. The van der Waals surface area contributed by atoms with E-state index in [4.69, 9.17) is 0 Å². The first-order chi connectivity index (χ1) is 8.42. The molecule has 2 fully saturated rings. The Labute approximate surface area is 108 Å². The molecular weight excluding hydrogens is 230 g/mol. The number of amides is 1. The molecule has 0 saturated heterocycles. The summed E-state index contributed by atoms with van der Waals surface area (Å²) in [5, 5.41) is 12.2. The molecule has 2 saturated carbocycles. The molecule has 102 valence electrons. The second-order valence-electron chi connectivity index (χ2n) is 6.44. The van der Waals surface area contributed by atoms with Gasteiger partial charge in [-0.15, -0.1) is 0 Å². The fraction of sp³-hybridized carbons (Fsp3) is 0.857. The maximum absolute atomic E-state index is 12.1. The molecule has 4 heteroatoms. The highest BCUT2D eigenvalue weighted by Crippen LogP contribution is 2.51. The molecule has 2 aliphatic rings. The zero-order valence-electron chi connectivity index (χ0n) is 11.2. The predicted octanol–water partition coefficient (Wildman–Crippen LogP) is 2.18. The van der Waals surface area contributed by atoms with Crippen molar-refractivity contribution in [3.05, 3.63) is 0 Å². The summed E-state index contributed by atoms with van der Waals surface area (Å²) in [4.78, 5) is 23.3. The zero-order chi connectivity index (χ0) is 13.3. The van der Waals surface area contributed by atoms with Crippen molar-refractivity contribution in [2.24, 2.45) is 17.3 Å². The molecule has 18 heavy (non-hydrogen) atoms. The maximum atomic E-state index is 12.1. The van der Waals surface area contributed by atoms with Gasteiger partial charge in [-0.25, -0.2) is 0 Å². The van der Waals surface area contributed by atoms with Crippen molar-refractivity contribution in [1.29, 1.82) is 0 Å². The van der Waals surface area contributed by atoms with Gasteiger partial charge in [0.25, 0.3) is 0 Å². The first kappa shape index (κ1) is 13.4. The van der Waals surface area contributed by atoms with E-state index >= 15 is 0 Å². The predicted molar refractivity (Wildman–Crippen MR) is 68.0 cm³/mol. The fourth-order valence-corrected chi connectivity index (χ4v) is 2.97. The van der Waals surface area contributed by atoms with E-state index in [1.165, 1.54) is 0 Å². The Morgan fingerprint density at radius 2 is 1.78 bits per heavy atom. The summed E-state index contributed by atoms with van der Waals surface area (Å²) in [6.07, 6.45) is 5.46. The Bertz CT molecular complexity index is 351. The van der Waals surface area contributed by atoms with Gasteiger partial charge in [0.05, 0.1) is 5.92 Å². The molecule has 2 aliphatic carbocycles. The molecule has 4 nitrogen and oxygen atoms in total. The Morgan fingerprint density at radius 1 is 1.17 bits per heavy atom. The average Bonchev–Trinajstić information content (AvgIpc) is 2.96. The van der Waals surface area contributed by atoms with Crippen LogP contribution in [0.3, 0.4) is 0 Å². The minimum Gasteiger partial charge on any atom is -0.481 e. The fourth-order valence-electron chi connectivity index (χ4n) is 2.97. The summed E-state index contributed by atoms with van der Waals surface area (Å²) in [5.74, 6) is -1.04. The minimum absolute atomic E-state index is 0.0538. The molecule has 2 N–H and O–H groups in total. The Kier molecular flexibility index (Phi) is 3.64. The number of rotatable bonds is 3. The lowest BCUT2D eigenvalue weighted by Crippen LogP contribution is -2.43. The molecule has 1 amide bonds. The van der Waals surface area contributed by atoms with E-state index in [0.717, 1.165) is 32.1 Å². The molecule has 3 unspecified atom stereocenters. The van der Waals surface area contributed by atoms with Crippen LogP contribution in [-0.2, 0) is 9.59 Å². The second-order valence-corrected chi connectivity index (χ2v) is 6.44. The third-order valence-corrected chi connectivity index (χ3v) is 4.49. The Balaban J connectivity index is 1.96. The van der Waals surface area contributed by atoms with Crippen LogP contribution in [0.2, 0.25) is 0 Å². The van der Waals surface area contributed by atoms with Gasteiger partial charge in [-0.3, -0.25) is 9.59 Å². The normalized spacial score (nSPS) is 34.4. The topological polar surface area (TPSA) is 66.4 Å². The van der Waals surface area contributed by atoms with E-state index in [2.05, 4.69) is 19.2 Å². The maximum Gasteiger partial charge on any atom is 0.308 e. The summed E-state index contributed by atoms with van der Waals surface area (Å²) in [6, 6.07) is -0.172. The van der Waals surface area contributed by atoms with Gasteiger partial charge in [0.1, 0.15) is 0 Å². The molecule has 0 aromatic heterocycles.